The second-order valence-electron chi connectivity index (χ2n) is 8.58. The van der Waals surface area contributed by atoms with E-state index in [1.807, 2.05) is 11.0 Å². The minimum atomic E-state index is -3.49. The van der Waals surface area contributed by atoms with Crippen molar-refractivity contribution < 1.29 is 13.2 Å². The number of carbonyl (C=O) groups is 1. The largest absolute Gasteiger partial charge is 0.323 e. The SMILES string of the molecule is CC[C@@H](C)CN1C(=O)[C@H](C(C)C)NC12CCN(S(=O)(=O)c1ccccc1)CC2. The Labute approximate surface area is 169 Å². The van der Waals surface area contributed by atoms with E-state index in [0.29, 0.717) is 36.7 Å². The topological polar surface area (TPSA) is 69.7 Å². The second kappa shape index (κ2) is 8.13. The first-order chi connectivity index (χ1) is 13.2. The molecule has 2 aliphatic heterocycles. The Kier molecular flexibility index (Phi) is 6.17. The molecule has 2 heterocycles. The van der Waals surface area contributed by atoms with Crippen LogP contribution in [-0.2, 0) is 14.8 Å². The molecule has 6 nitrogen and oxygen atoms in total. The highest BCUT2D eigenvalue weighted by Gasteiger charge is 2.53. The zero-order valence-electron chi connectivity index (χ0n) is 17.4. The first kappa shape index (κ1) is 21.3. The zero-order chi connectivity index (χ0) is 20.5. The van der Waals surface area contributed by atoms with Gasteiger partial charge in [-0.1, -0.05) is 52.3 Å². The number of piperidine rings is 1. The Morgan fingerprint density at radius 1 is 1.14 bits per heavy atom. The second-order valence-corrected chi connectivity index (χ2v) is 10.5. The van der Waals surface area contributed by atoms with Crippen LogP contribution in [0.4, 0.5) is 0 Å². The highest BCUT2D eigenvalue weighted by atomic mass is 32.2. The maximum atomic E-state index is 13.1. The van der Waals surface area contributed by atoms with E-state index in [1.54, 1.807) is 28.6 Å². The third-order valence-electron chi connectivity index (χ3n) is 6.26. The van der Waals surface area contributed by atoms with Crippen molar-refractivity contribution in [2.75, 3.05) is 19.6 Å². The Balaban J connectivity index is 1.80. The number of sulfonamides is 1. The van der Waals surface area contributed by atoms with E-state index in [-0.39, 0.29) is 17.9 Å². The molecule has 1 spiro atoms. The van der Waals surface area contributed by atoms with Gasteiger partial charge >= 0.3 is 0 Å². The van der Waals surface area contributed by atoms with Crippen molar-refractivity contribution in [1.29, 1.82) is 0 Å². The van der Waals surface area contributed by atoms with Crippen molar-refractivity contribution >= 4 is 15.9 Å². The lowest BCUT2D eigenvalue weighted by molar-refractivity contribution is -0.134. The molecular weight excluding hydrogens is 374 g/mol. The van der Waals surface area contributed by atoms with Gasteiger partial charge < -0.3 is 4.90 Å². The monoisotopic (exact) mass is 407 g/mol. The fourth-order valence-electron chi connectivity index (χ4n) is 4.22. The molecule has 28 heavy (non-hydrogen) atoms. The molecule has 0 bridgehead atoms. The van der Waals surface area contributed by atoms with Gasteiger partial charge in [0, 0.05) is 19.6 Å². The third-order valence-corrected chi connectivity index (χ3v) is 8.17. The van der Waals surface area contributed by atoms with Gasteiger partial charge in [-0.05, 0) is 36.8 Å². The average Bonchev–Trinajstić information content (AvgIpc) is 2.95. The molecular formula is C21H33N3O3S. The molecule has 2 aliphatic rings. The lowest BCUT2D eigenvalue weighted by atomic mass is 9.95. The number of nitrogens with zero attached hydrogens (tertiary/aromatic N) is 2. The van der Waals surface area contributed by atoms with Gasteiger partial charge in [0.05, 0.1) is 16.6 Å². The van der Waals surface area contributed by atoms with E-state index in [2.05, 4.69) is 33.0 Å². The fraction of sp³-hybridized carbons (Fsp3) is 0.667. The lowest BCUT2D eigenvalue weighted by Gasteiger charge is -2.45. The van der Waals surface area contributed by atoms with Crippen LogP contribution in [0.25, 0.3) is 0 Å². The Morgan fingerprint density at radius 3 is 2.29 bits per heavy atom. The van der Waals surface area contributed by atoms with E-state index < -0.39 is 15.7 Å². The summed E-state index contributed by atoms with van der Waals surface area (Å²) in [6.45, 7) is 9.98. The number of nitrogens with one attached hydrogen (secondary N) is 1. The summed E-state index contributed by atoms with van der Waals surface area (Å²) >= 11 is 0. The standard InChI is InChI=1S/C21H33N3O3S/c1-5-17(4)15-24-20(25)19(16(2)3)22-21(24)11-13-23(14-12-21)28(26,27)18-9-7-6-8-10-18/h6-10,16-17,19,22H,5,11-15H2,1-4H3/t17-,19+/m1/s1. The average molecular weight is 408 g/mol. The summed E-state index contributed by atoms with van der Waals surface area (Å²) < 4.78 is 27.5. The predicted octanol–water partition coefficient (Wildman–Crippen LogP) is 2.67. The quantitative estimate of drug-likeness (QED) is 0.787. The molecule has 1 amide bonds. The van der Waals surface area contributed by atoms with Gasteiger partial charge in [-0.25, -0.2) is 8.42 Å². The Hall–Kier alpha value is -1.44. The fourth-order valence-corrected chi connectivity index (χ4v) is 5.68. The normalized spacial score (nSPS) is 24.2. The van der Waals surface area contributed by atoms with Crippen molar-refractivity contribution in [2.24, 2.45) is 11.8 Å². The number of hydrogen-bond donors (Lipinski definition) is 1. The van der Waals surface area contributed by atoms with Gasteiger partial charge in [-0.2, -0.15) is 4.31 Å². The minimum Gasteiger partial charge on any atom is -0.323 e. The highest BCUT2D eigenvalue weighted by molar-refractivity contribution is 7.89. The van der Waals surface area contributed by atoms with Crippen LogP contribution in [0.5, 0.6) is 0 Å². The maximum absolute atomic E-state index is 13.1. The first-order valence-corrected chi connectivity index (χ1v) is 11.8. The molecule has 156 valence electrons. The molecule has 1 aromatic rings. The summed E-state index contributed by atoms with van der Waals surface area (Å²) in [7, 11) is -3.49. The number of hydrogen-bond acceptors (Lipinski definition) is 4. The van der Waals surface area contributed by atoms with Crippen molar-refractivity contribution in [1.82, 2.24) is 14.5 Å². The summed E-state index contributed by atoms with van der Waals surface area (Å²) in [5, 5.41) is 3.60. The van der Waals surface area contributed by atoms with Crippen LogP contribution in [0.3, 0.4) is 0 Å². The number of rotatable bonds is 6. The summed E-state index contributed by atoms with van der Waals surface area (Å²) in [6.07, 6.45) is 2.25. The van der Waals surface area contributed by atoms with Gasteiger partial charge in [0.25, 0.3) is 0 Å². The Bertz CT molecular complexity index is 786. The molecule has 1 aromatic carbocycles. The van der Waals surface area contributed by atoms with Crippen LogP contribution in [0.15, 0.2) is 35.2 Å². The van der Waals surface area contributed by atoms with Gasteiger partial charge in [-0.15, -0.1) is 0 Å². The highest BCUT2D eigenvalue weighted by Crippen LogP contribution is 2.36. The van der Waals surface area contributed by atoms with Crippen LogP contribution in [0.2, 0.25) is 0 Å². The molecule has 0 aliphatic carbocycles. The molecule has 7 heteroatoms. The molecule has 2 saturated heterocycles. The maximum Gasteiger partial charge on any atom is 0.243 e. The van der Waals surface area contributed by atoms with Crippen LogP contribution >= 0.6 is 0 Å². The number of carbonyl (C=O) groups excluding carboxylic acids is 1. The number of benzene rings is 1. The van der Waals surface area contributed by atoms with Crippen LogP contribution in [0, 0.1) is 11.8 Å². The van der Waals surface area contributed by atoms with E-state index in [9.17, 15) is 13.2 Å². The van der Waals surface area contributed by atoms with E-state index in [1.165, 1.54) is 0 Å². The lowest BCUT2D eigenvalue weighted by Crippen LogP contribution is -2.60. The summed E-state index contributed by atoms with van der Waals surface area (Å²) in [4.78, 5) is 15.4. The predicted molar refractivity (Wildman–Crippen MR) is 110 cm³/mol. The molecule has 0 saturated carbocycles. The van der Waals surface area contributed by atoms with Crippen LogP contribution in [0.1, 0.15) is 47.0 Å². The van der Waals surface area contributed by atoms with E-state index >= 15 is 0 Å². The summed E-state index contributed by atoms with van der Waals surface area (Å²) in [5.74, 6) is 0.784. The van der Waals surface area contributed by atoms with Gasteiger partial charge in [0.1, 0.15) is 0 Å². The van der Waals surface area contributed by atoms with Gasteiger partial charge in [0.2, 0.25) is 15.9 Å². The van der Waals surface area contributed by atoms with Gasteiger partial charge in [0.15, 0.2) is 0 Å². The summed E-state index contributed by atoms with van der Waals surface area (Å²) in [6, 6.07) is 8.40. The third kappa shape index (κ3) is 3.84. The van der Waals surface area contributed by atoms with E-state index in [4.69, 9.17) is 0 Å². The van der Waals surface area contributed by atoms with Crippen LogP contribution < -0.4 is 5.32 Å². The van der Waals surface area contributed by atoms with Crippen molar-refractivity contribution in [3.8, 4) is 0 Å². The first-order valence-electron chi connectivity index (χ1n) is 10.4. The molecule has 0 radical (unpaired) electrons. The molecule has 2 atom stereocenters. The van der Waals surface area contributed by atoms with Crippen molar-refractivity contribution in [3.05, 3.63) is 30.3 Å². The smallest absolute Gasteiger partial charge is 0.243 e. The zero-order valence-corrected chi connectivity index (χ0v) is 18.2. The summed E-state index contributed by atoms with van der Waals surface area (Å²) in [5.41, 5.74) is -0.432. The molecule has 3 rings (SSSR count). The van der Waals surface area contributed by atoms with Crippen LogP contribution in [-0.4, -0.2) is 54.9 Å². The minimum absolute atomic E-state index is 0.162. The number of amides is 1. The van der Waals surface area contributed by atoms with Crippen molar-refractivity contribution in [3.63, 3.8) is 0 Å². The molecule has 0 unspecified atom stereocenters. The van der Waals surface area contributed by atoms with Crippen molar-refractivity contribution in [2.45, 2.75) is 63.6 Å². The van der Waals surface area contributed by atoms with Gasteiger partial charge in [-0.3, -0.25) is 10.1 Å². The molecule has 2 fully saturated rings. The Morgan fingerprint density at radius 2 is 1.75 bits per heavy atom. The molecule has 0 aromatic heterocycles. The van der Waals surface area contributed by atoms with E-state index in [0.717, 1.165) is 13.0 Å². The molecule has 1 N–H and O–H groups in total.